The van der Waals surface area contributed by atoms with Crippen molar-refractivity contribution in [2.45, 2.75) is 61.9 Å². The monoisotopic (exact) mass is 471 g/mol. The van der Waals surface area contributed by atoms with Gasteiger partial charge in [0.15, 0.2) is 0 Å². The van der Waals surface area contributed by atoms with Crippen LogP contribution >= 0.6 is 0 Å². The summed E-state index contributed by atoms with van der Waals surface area (Å²) in [6.07, 6.45) is 6.23. The highest BCUT2D eigenvalue weighted by Crippen LogP contribution is 2.49. The number of hydrogen-bond acceptors (Lipinski definition) is 5. The highest BCUT2D eigenvalue weighted by Gasteiger charge is 2.51. The molecule has 1 N–H and O–H groups in total. The van der Waals surface area contributed by atoms with Crippen LogP contribution in [0.2, 0.25) is 0 Å². The van der Waals surface area contributed by atoms with Gasteiger partial charge in [0.25, 0.3) is 10.1 Å². The molecule has 0 amide bonds. The third-order valence-corrected chi connectivity index (χ3v) is 8.11. The normalized spacial score (nSPS) is 26.9. The number of carbonyl (C=O) groups excluding carboxylic acids is 1. The molecule has 0 radical (unpaired) electrons. The van der Waals surface area contributed by atoms with Crippen LogP contribution in [0.1, 0.15) is 49.1 Å². The molecule has 178 valence electrons. The van der Waals surface area contributed by atoms with Gasteiger partial charge in [-0.25, -0.2) is 0 Å². The number of carbonyl (C=O) groups is 1. The average molecular weight is 472 g/mol. The Balaban J connectivity index is 0.000000200. The number of fused-ring (bicyclic) bond motifs is 2. The van der Waals surface area contributed by atoms with Gasteiger partial charge in [0.2, 0.25) is 0 Å². The number of nitrogens with zero attached hydrogens (tertiary/aromatic N) is 1. The number of piperidine rings is 1. The summed E-state index contributed by atoms with van der Waals surface area (Å²) in [4.78, 5) is 15.0. The first-order valence-electron chi connectivity index (χ1n) is 11.7. The fraction of sp³-hybridized carbons (Fsp3) is 0.500. The summed E-state index contributed by atoms with van der Waals surface area (Å²) in [7, 11) is -2.49. The summed E-state index contributed by atoms with van der Waals surface area (Å²) in [6, 6.07) is 17.7. The molecule has 1 aliphatic carbocycles. The summed E-state index contributed by atoms with van der Waals surface area (Å²) >= 11 is 0. The molecule has 0 unspecified atom stereocenters. The van der Waals surface area contributed by atoms with Crippen LogP contribution in [0.4, 0.5) is 0 Å². The highest BCUT2D eigenvalue weighted by molar-refractivity contribution is 7.85. The van der Waals surface area contributed by atoms with Gasteiger partial charge in [0.05, 0.1) is 17.9 Å². The van der Waals surface area contributed by atoms with Gasteiger partial charge in [-0.3, -0.25) is 14.2 Å². The highest BCUT2D eigenvalue weighted by atomic mass is 32.2. The largest absolute Gasteiger partial charge is 0.469 e. The number of hydrogen-bond donors (Lipinski definition) is 1. The predicted molar refractivity (Wildman–Crippen MR) is 127 cm³/mol. The smallest absolute Gasteiger partial charge is 0.309 e. The zero-order valence-electron chi connectivity index (χ0n) is 19.3. The third-order valence-electron chi connectivity index (χ3n) is 7.24. The molecular weight excluding hydrogens is 438 g/mol. The van der Waals surface area contributed by atoms with Crippen LogP contribution in [-0.2, 0) is 19.6 Å². The van der Waals surface area contributed by atoms with Crippen LogP contribution in [-0.4, -0.2) is 49.6 Å². The molecule has 7 heteroatoms. The standard InChI is InChI=1S/C19H25NO2.C7H8O3S/c1-22-19(21)16-11-15-9-10-17(20(15)12-13-7-8-13)18(16)14-5-3-2-4-6-14;1-6-2-4-7(5-3-6)11(8,9)10/h2-6,13,15-18H,7-12H2,1H3;2-5H,1H3,(H,8,9,10)/t15-,16+,17-,18+;/m1./s1. The number of esters is 1. The number of ether oxygens (including phenoxy) is 1. The van der Waals surface area contributed by atoms with Crippen molar-refractivity contribution in [3.8, 4) is 0 Å². The first kappa shape index (κ1) is 23.9. The quantitative estimate of drug-likeness (QED) is 0.512. The summed E-state index contributed by atoms with van der Waals surface area (Å²) in [6.45, 7) is 3.08. The Morgan fingerprint density at radius 3 is 2.27 bits per heavy atom. The van der Waals surface area contributed by atoms with Crippen LogP contribution in [0.5, 0.6) is 0 Å². The molecule has 2 heterocycles. The van der Waals surface area contributed by atoms with Gasteiger partial charge < -0.3 is 4.74 Å². The van der Waals surface area contributed by atoms with Crippen molar-refractivity contribution in [1.29, 1.82) is 0 Å². The van der Waals surface area contributed by atoms with E-state index in [1.807, 2.05) is 6.92 Å². The maximum atomic E-state index is 12.4. The van der Waals surface area contributed by atoms with E-state index in [1.165, 1.54) is 57.0 Å². The van der Waals surface area contributed by atoms with Gasteiger partial charge >= 0.3 is 5.97 Å². The zero-order chi connectivity index (χ0) is 23.6. The first-order valence-corrected chi connectivity index (χ1v) is 13.1. The SMILES string of the molecule is COC(=O)[C@H]1C[C@H]2CC[C@H]([C@H]1c1ccccc1)N2CC1CC1.Cc1ccc(S(=O)(=O)O)cc1. The van der Waals surface area contributed by atoms with Gasteiger partial charge in [0.1, 0.15) is 0 Å². The maximum Gasteiger partial charge on any atom is 0.309 e. The molecule has 2 aliphatic heterocycles. The van der Waals surface area contributed by atoms with Gasteiger partial charge in [-0.2, -0.15) is 8.42 Å². The lowest BCUT2D eigenvalue weighted by atomic mass is 9.75. The van der Waals surface area contributed by atoms with E-state index < -0.39 is 10.1 Å². The fourth-order valence-electron chi connectivity index (χ4n) is 5.43. The van der Waals surface area contributed by atoms with Crippen molar-refractivity contribution in [2.75, 3.05) is 13.7 Å². The molecule has 33 heavy (non-hydrogen) atoms. The van der Waals surface area contributed by atoms with Gasteiger partial charge in [-0.1, -0.05) is 48.0 Å². The lowest BCUT2D eigenvalue weighted by molar-refractivity contribution is -0.149. The number of aryl methyl sites for hydroxylation is 1. The second kappa shape index (κ2) is 9.95. The second-order valence-corrected chi connectivity index (χ2v) is 11.0. The molecule has 1 saturated carbocycles. The zero-order valence-corrected chi connectivity index (χ0v) is 20.1. The summed E-state index contributed by atoms with van der Waals surface area (Å²) in [5.74, 6) is 1.22. The van der Waals surface area contributed by atoms with Crippen LogP contribution in [0.15, 0.2) is 59.5 Å². The Hall–Kier alpha value is -2.22. The Kier molecular flexibility index (Phi) is 7.22. The van der Waals surface area contributed by atoms with Crippen molar-refractivity contribution >= 4 is 16.1 Å². The lowest BCUT2D eigenvalue weighted by Crippen LogP contribution is -2.50. The number of rotatable bonds is 5. The number of methoxy groups -OCH3 is 1. The van der Waals surface area contributed by atoms with Gasteiger partial charge in [0, 0.05) is 24.5 Å². The fourth-order valence-corrected chi connectivity index (χ4v) is 5.91. The van der Waals surface area contributed by atoms with Crippen LogP contribution in [0.3, 0.4) is 0 Å². The molecule has 2 aromatic rings. The summed E-state index contributed by atoms with van der Waals surface area (Å²) < 4.78 is 34.7. The first-order chi connectivity index (χ1) is 15.8. The molecule has 4 atom stereocenters. The van der Waals surface area contributed by atoms with Crippen molar-refractivity contribution in [3.63, 3.8) is 0 Å². The Labute approximate surface area is 196 Å². The van der Waals surface area contributed by atoms with Crippen molar-refractivity contribution < 1.29 is 22.5 Å². The minimum atomic E-state index is -4.02. The molecule has 2 aromatic carbocycles. The van der Waals surface area contributed by atoms with Crippen LogP contribution in [0, 0.1) is 18.8 Å². The minimum absolute atomic E-state index is 0.0168. The Morgan fingerprint density at radius 1 is 1.03 bits per heavy atom. The van der Waals surface area contributed by atoms with Crippen molar-refractivity contribution in [2.24, 2.45) is 11.8 Å². The second-order valence-electron chi connectivity index (χ2n) is 9.53. The van der Waals surface area contributed by atoms with E-state index in [0.717, 1.165) is 17.9 Å². The van der Waals surface area contributed by atoms with E-state index in [1.54, 1.807) is 12.1 Å². The van der Waals surface area contributed by atoms with Crippen LogP contribution in [0.25, 0.3) is 0 Å². The average Bonchev–Trinajstić information content (AvgIpc) is 3.58. The topological polar surface area (TPSA) is 83.9 Å². The van der Waals surface area contributed by atoms with E-state index in [2.05, 4.69) is 35.2 Å². The molecule has 3 fully saturated rings. The van der Waals surface area contributed by atoms with Gasteiger partial charge in [-0.05, 0) is 62.6 Å². The molecule has 0 aromatic heterocycles. The van der Waals surface area contributed by atoms with E-state index in [9.17, 15) is 13.2 Å². The molecular formula is C26H33NO5S. The van der Waals surface area contributed by atoms with Crippen LogP contribution < -0.4 is 0 Å². The Bertz CT molecular complexity index is 1050. The van der Waals surface area contributed by atoms with E-state index >= 15 is 0 Å². The third kappa shape index (κ3) is 5.65. The van der Waals surface area contributed by atoms with E-state index in [-0.39, 0.29) is 16.8 Å². The number of benzene rings is 2. The maximum absolute atomic E-state index is 12.4. The molecule has 2 saturated heterocycles. The summed E-state index contributed by atoms with van der Waals surface area (Å²) in [5.41, 5.74) is 2.27. The molecule has 5 rings (SSSR count). The lowest BCUT2D eigenvalue weighted by Gasteiger charge is -2.44. The molecule has 0 spiro atoms. The molecule has 3 aliphatic rings. The Morgan fingerprint density at radius 2 is 1.70 bits per heavy atom. The molecule has 2 bridgehead atoms. The summed E-state index contributed by atoms with van der Waals surface area (Å²) in [5, 5.41) is 0. The predicted octanol–water partition coefficient (Wildman–Crippen LogP) is 4.45. The molecule has 6 nitrogen and oxygen atoms in total. The van der Waals surface area contributed by atoms with Crippen molar-refractivity contribution in [1.82, 2.24) is 4.90 Å². The van der Waals surface area contributed by atoms with Gasteiger partial charge in [-0.15, -0.1) is 0 Å². The minimum Gasteiger partial charge on any atom is -0.469 e. The van der Waals surface area contributed by atoms with E-state index in [0.29, 0.717) is 18.0 Å². The van der Waals surface area contributed by atoms with Crippen molar-refractivity contribution in [3.05, 3.63) is 65.7 Å². The van der Waals surface area contributed by atoms with E-state index in [4.69, 9.17) is 9.29 Å².